The van der Waals surface area contributed by atoms with Crippen LogP contribution in [0, 0.1) is 0 Å². The summed E-state index contributed by atoms with van der Waals surface area (Å²) in [6.07, 6.45) is 6.01. The van der Waals surface area contributed by atoms with Crippen molar-refractivity contribution >= 4 is 11.4 Å². The first-order valence-corrected chi connectivity index (χ1v) is 6.93. The highest BCUT2D eigenvalue weighted by Gasteiger charge is 2.23. The van der Waals surface area contributed by atoms with Gasteiger partial charge in [-0.15, -0.1) is 0 Å². The van der Waals surface area contributed by atoms with Crippen molar-refractivity contribution in [3.63, 3.8) is 0 Å². The summed E-state index contributed by atoms with van der Waals surface area (Å²) in [5.74, 6) is 0. The van der Waals surface area contributed by atoms with E-state index in [0.29, 0.717) is 0 Å². The molecular weight excluding hydrogens is 234 g/mol. The van der Waals surface area contributed by atoms with Crippen LogP contribution in [0.3, 0.4) is 0 Å². The average Bonchev–Trinajstić information content (AvgIpc) is 2.89. The van der Waals surface area contributed by atoms with E-state index in [4.69, 9.17) is 0 Å². The van der Waals surface area contributed by atoms with Crippen molar-refractivity contribution in [2.45, 2.75) is 19.8 Å². The van der Waals surface area contributed by atoms with Gasteiger partial charge in [-0.05, 0) is 36.6 Å². The number of hydrogen-bond acceptors (Lipinski definition) is 3. The minimum Gasteiger partial charge on any atom is -0.285 e. The van der Waals surface area contributed by atoms with Crippen LogP contribution in [-0.2, 0) is 6.42 Å². The number of rotatable bonds is 4. The summed E-state index contributed by atoms with van der Waals surface area (Å²) in [7, 11) is 0. The van der Waals surface area contributed by atoms with E-state index in [1.807, 2.05) is 18.5 Å². The second kappa shape index (κ2) is 5.31. The van der Waals surface area contributed by atoms with Crippen molar-refractivity contribution in [1.29, 1.82) is 0 Å². The number of hydrazine groups is 1. The molecule has 19 heavy (non-hydrogen) atoms. The fourth-order valence-electron chi connectivity index (χ4n) is 2.68. The Hall–Kier alpha value is -2.03. The Balaban J connectivity index is 1.94. The van der Waals surface area contributed by atoms with E-state index in [2.05, 4.69) is 52.3 Å². The minimum atomic E-state index is 1.01. The van der Waals surface area contributed by atoms with Gasteiger partial charge in [0, 0.05) is 19.3 Å². The van der Waals surface area contributed by atoms with Gasteiger partial charge in [0.1, 0.15) is 0 Å². The lowest BCUT2D eigenvalue weighted by atomic mass is 10.2. The van der Waals surface area contributed by atoms with Gasteiger partial charge < -0.3 is 0 Å². The van der Waals surface area contributed by atoms with E-state index in [0.717, 1.165) is 25.9 Å². The molecule has 1 aromatic carbocycles. The van der Waals surface area contributed by atoms with Gasteiger partial charge in [0.25, 0.3) is 0 Å². The van der Waals surface area contributed by atoms with Crippen molar-refractivity contribution in [3.8, 4) is 0 Å². The third-order valence-corrected chi connectivity index (χ3v) is 3.53. The van der Waals surface area contributed by atoms with Crippen LogP contribution in [0.15, 0.2) is 48.8 Å². The van der Waals surface area contributed by atoms with E-state index in [1.54, 1.807) is 0 Å². The van der Waals surface area contributed by atoms with Gasteiger partial charge in [0.05, 0.1) is 17.6 Å². The normalized spacial score (nSPS) is 13.4. The van der Waals surface area contributed by atoms with Crippen molar-refractivity contribution in [2.75, 3.05) is 23.1 Å². The zero-order valence-electron chi connectivity index (χ0n) is 11.3. The summed E-state index contributed by atoms with van der Waals surface area (Å²) in [4.78, 5) is 4.25. The van der Waals surface area contributed by atoms with E-state index in [9.17, 15) is 0 Å². The fourth-order valence-corrected chi connectivity index (χ4v) is 2.68. The van der Waals surface area contributed by atoms with Gasteiger partial charge in [-0.2, -0.15) is 0 Å². The number of aromatic nitrogens is 1. The maximum atomic E-state index is 4.25. The molecule has 3 rings (SSSR count). The van der Waals surface area contributed by atoms with E-state index < -0.39 is 0 Å². The highest BCUT2D eigenvalue weighted by Crippen LogP contribution is 2.31. The Morgan fingerprint density at radius 3 is 2.89 bits per heavy atom. The molecule has 1 aliphatic heterocycles. The summed E-state index contributed by atoms with van der Waals surface area (Å²) >= 11 is 0. The van der Waals surface area contributed by atoms with Crippen LogP contribution in [0.5, 0.6) is 0 Å². The van der Waals surface area contributed by atoms with Gasteiger partial charge in [-0.25, -0.2) is 0 Å². The Kier molecular flexibility index (Phi) is 3.36. The molecule has 0 fully saturated rings. The maximum Gasteiger partial charge on any atom is 0.0757 e. The van der Waals surface area contributed by atoms with Gasteiger partial charge in [0.15, 0.2) is 0 Å². The molecule has 0 radical (unpaired) electrons. The quantitative estimate of drug-likeness (QED) is 0.833. The number of anilines is 2. The SMILES string of the molecule is CCCN(c1cccnc1)N1CCc2ccccc21. The lowest BCUT2D eigenvalue weighted by Crippen LogP contribution is -2.42. The summed E-state index contributed by atoms with van der Waals surface area (Å²) < 4.78 is 0. The van der Waals surface area contributed by atoms with Crippen molar-refractivity contribution in [2.24, 2.45) is 0 Å². The monoisotopic (exact) mass is 253 g/mol. The topological polar surface area (TPSA) is 19.4 Å². The van der Waals surface area contributed by atoms with Crippen LogP contribution in [0.1, 0.15) is 18.9 Å². The highest BCUT2D eigenvalue weighted by atomic mass is 15.6. The van der Waals surface area contributed by atoms with Gasteiger partial charge in [-0.3, -0.25) is 15.0 Å². The molecule has 98 valence electrons. The molecule has 0 saturated carbocycles. The molecule has 0 saturated heterocycles. The van der Waals surface area contributed by atoms with Crippen molar-refractivity contribution < 1.29 is 0 Å². The predicted molar refractivity (Wildman–Crippen MR) is 79.4 cm³/mol. The van der Waals surface area contributed by atoms with E-state index in [1.165, 1.54) is 16.9 Å². The van der Waals surface area contributed by atoms with Gasteiger partial charge in [0.2, 0.25) is 0 Å². The maximum absolute atomic E-state index is 4.25. The summed E-state index contributed by atoms with van der Waals surface area (Å²) in [6, 6.07) is 12.8. The first-order valence-electron chi connectivity index (χ1n) is 6.93. The van der Waals surface area contributed by atoms with Crippen LogP contribution in [0.2, 0.25) is 0 Å². The molecule has 0 bridgehead atoms. The molecule has 0 atom stereocenters. The molecule has 0 amide bonds. The van der Waals surface area contributed by atoms with Crippen molar-refractivity contribution in [1.82, 2.24) is 4.98 Å². The number of benzene rings is 1. The van der Waals surface area contributed by atoms with Crippen molar-refractivity contribution in [3.05, 3.63) is 54.4 Å². The molecule has 2 heterocycles. The first kappa shape index (κ1) is 12.0. The average molecular weight is 253 g/mol. The van der Waals surface area contributed by atoms with Gasteiger partial charge in [-0.1, -0.05) is 25.1 Å². The molecule has 0 N–H and O–H groups in total. The number of hydrogen-bond donors (Lipinski definition) is 0. The Morgan fingerprint density at radius 1 is 1.21 bits per heavy atom. The molecule has 1 aromatic heterocycles. The third-order valence-electron chi connectivity index (χ3n) is 3.53. The van der Waals surface area contributed by atoms with Crippen LogP contribution in [-0.4, -0.2) is 18.1 Å². The molecule has 3 heteroatoms. The zero-order chi connectivity index (χ0) is 13.1. The molecule has 3 nitrogen and oxygen atoms in total. The van der Waals surface area contributed by atoms with E-state index in [-0.39, 0.29) is 0 Å². The molecular formula is C16H19N3. The smallest absolute Gasteiger partial charge is 0.0757 e. The number of nitrogens with zero attached hydrogens (tertiary/aromatic N) is 3. The van der Waals surface area contributed by atoms with Crippen LogP contribution in [0.25, 0.3) is 0 Å². The lowest BCUT2D eigenvalue weighted by Gasteiger charge is -2.35. The molecule has 0 aliphatic carbocycles. The number of fused-ring (bicyclic) bond motifs is 1. The second-order valence-electron chi connectivity index (χ2n) is 4.84. The van der Waals surface area contributed by atoms with Crippen LogP contribution >= 0.6 is 0 Å². The predicted octanol–water partition coefficient (Wildman–Crippen LogP) is 3.28. The Morgan fingerprint density at radius 2 is 2.11 bits per heavy atom. The standard InChI is InChI=1S/C16H19N3/c1-2-11-18(15-7-5-10-17-13-15)19-12-9-14-6-3-4-8-16(14)19/h3-8,10,13H,2,9,11-12H2,1H3. The minimum absolute atomic E-state index is 1.01. The molecule has 2 aromatic rings. The van der Waals surface area contributed by atoms with Gasteiger partial charge >= 0.3 is 0 Å². The Labute approximate surface area is 114 Å². The largest absolute Gasteiger partial charge is 0.285 e. The third kappa shape index (κ3) is 2.28. The molecule has 1 aliphatic rings. The lowest BCUT2D eigenvalue weighted by molar-refractivity contribution is 0.717. The summed E-state index contributed by atoms with van der Waals surface area (Å²) in [5, 5.41) is 4.73. The molecule has 0 spiro atoms. The second-order valence-corrected chi connectivity index (χ2v) is 4.84. The summed E-state index contributed by atoms with van der Waals surface area (Å²) in [5.41, 5.74) is 3.94. The first-order chi connectivity index (χ1) is 9.40. The number of pyridine rings is 1. The molecule has 0 unspecified atom stereocenters. The zero-order valence-corrected chi connectivity index (χ0v) is 11.3. The fraction of sp³-hybridized carbons (Fsp3) is 0.312. The summed E-state index contributed by atoms with van der Waals surface area (Å²) in [6.45, 7) is 4.28. The Bertz CT molecular complexity index is 539. The number of para-hydroxylation sites is 1. The highest BCUT2D eigenvalue weighted by molar-refractivity contribution is 5.63. The van der Waals surface area contributed by atoms with Crippen LogP contribution < -0.4 is 10.0 Å². The van der Waals surface area contributed by atoms with E-state index >= 15 is 0 Å². The van der Waals surface area contributed by atoms with Crippen LogP contribution in [0.4, 0.5) is 11.4 Å².